The Balaban J connectivity index is 1.91. The van der Waals surface area contributed by atoms with Crippen molar-refractivity contribution < 1.29 is 4.21 Å². The molecule has 0 saturated carbocycles. The Kier molecular flexibility index (Phi) is 5.02. The van der Waals surface area contributed by atoms with Crippen LogP contribution in [-0.2, 0) is 10.8 Å². The number of hydrogen-bond acceptors (Lipinski definition) is 2. The summed E-state index contributed by atoms with van der Waals surface area (Å²) >= 11 is 2.13. The van der Waals surface area contributed by atoms with Crippen molar-refractivity contribution in [3.05, 3.63) is 0 Å². The van der Waals surface area contributed by atoms with Gasteiger partial charge in [-0.15, -0.1) is 0 Å². The van der Waals surface area contributed by atoms with Crippen LogP contribution in [0.25, 0.3) is 0 Å². The lowest BCUT2D eigenvalue weighted by atomic mass is 9.87. The summed E-state index contributed by atoms with van der Waals surface area (Å²) in [5.74, 6) is 6.31. The molecule has 0 aromatic rings. The average molecular weight is 246 g/mol. The monoisotopic (exact) mass is 246 g/mol. The third kappa shape index (κ3) is 3.77. The molecule has 3 atom stereocenters. The number of thioether (sulfide) groups is 1. The second-order valence-corrected chi connectivity index (χ2v) is 7.67. The van der Waals surface area contributed by atoms with Crippen molar-refractivity contribution >= 4 is 22.6 Å². The molecule has 0 N–H and O–H groups in total. The van der Waals surface area contributed by atoms with Crippen LogP contribution in [0.4, 0.5) is 0 Å². The van der Waals surface area contributed by atoms with Gasteiger partial charge in [0.25, 0.3) is 0 Å². The zero-order valence-electron chi connectivity index (χ0n) is 9.45. The van der Waals surface area contributed by atoms with E-state index in [9.17, 15) is 4.21 Å². The van der Waals surface area contributed by atoms with E-state index in [1.165, 1.54) is 50.0 Å². The molecule has 2 aliphatic rings. The Labute approximate surface area is 100 Å². The molecule has 2 rings (SSSR count). The Morgan fingerprint density at radius 2 is 1.80 bits per heavy atom. The summed E-state index contributed by atoms with van der Waals surface area (Å²) in [5, 5.41) is 0. The predicted octanol–water partition coefficient (Wildman–Crippen LogP) is 3.07. The van der Waals surface area contributed by atoms with Crippen molar-refractivity contribution in [3.63, 3.8) is 0 Å². The molecule has 0 radical (unpaired) electrons. The first-order valence-electron chi connectivity index (χ1n) is 6.29. The van der Waals surface area contributed by atoms with E-state index in [1.54, 1.807) is 0 Å². The topological polar surface area (TPSA) is 17.1 Å². The summed E-state index contributed by atoms with van der Waals surface area (Å²) in [6, 6.07) is 0. The summed E-state index contributed by atoms with van der Waals surface area (Å²) in [4.78, 5) is 0. The molecule has 2 heterocycles. The van der Waals surface area contributed by atoms with Gasteiger partial charge in [-0.3, -0.25) is 4.21 Å². The maximum absolute atomic E-state index is 11.7. The first-order chi connectivity index (χ1) is 7.36. The second kappa shape index (κ2) is 6.29. The van der Waals surface area contributed by atoms with Gasteiger partial charge in [0.1, 0.15) is 0 Å². The van der Waals surface area contributed by atoms with Crippen molar-refractivity contribution in [1.29, 1.82) is 0 Å². The molecule has 3 heteroatoms. The van der Waals surface area contributed by atoms with Crippen LogP contribution in [0.5, 0.6) is 0 Å². The molecular weight excluding hydrogens is 224 g/mol. The van der Waals surface area contributed by atoms with Gasteiger partial charge < -0.3 is 0 Å². The molecule has 88 valence electrons. The Bertz CT molecular complexity index is 210. The van der Waals surface area contributed by atoms with Crippen LogP contribution in [0.15, 0.2) is 0 Å². The van der Waals surface area contributed by atoms with E-state index in [0.29, 0.717) is 0 Å². The van der Waals surface area contributed by atoms with E-state index in [4.69, 9.17) is 0 Å². The molecule has 2 saturated heterocycles. The van der Waals surface area contributed by atoms with E-state index >= 15 is 0 Å². The fourth-order valence-corrected chi connectivity index (χ4v) is 5.67. The van der Waals surface area contributed by atoms with Crippen molar-refractivity contribution in [2.75, 3.05) is 23.0 Å². The van der Waals surface area contributed by atoms with Gasteiger partial charge in [0, 0.05) is 22.3 Å². The van der Waals surface area contributed by atoms with E-state index in [0.717, 1.165) is 23.3 Å². The highest BCUT2D eigenvalue weighted by molar-refractivity contribution is 7.99. The van der Waals surface area contributed by atoms with Crippen LogP contribution in [0.2, 0.25) is 0 Å². The second-order valence-electron chi connectivity index (χ2n) is 4.90. The highest BCUT2D eigenvalue weighted by Gasteiger charge is 2.26. The summed E-state index contributed by atoms with van der Waals surface area (Å²) in [5.41, 5.74) is 0. The normalized spacial score (nSPS) is 39.3. The highest BCUT2D eigenvalue weighted by Crippen LogP contribution is 2.32. The van der Waals surface area contributed by atoms with Crippen LogP contribution in [-0.4, -0.2) is 27.2 Å². The zero-order valence-corrected chi connectivity index (χ0v) is 11.1. The van der Waals surface area contributed by atoms with Gasteiger partial charge in [0.2, 0.25) is 0 Å². The van der Waals surface area contributed by atoms with Gasteiger partial charge >= 0.3 is 0 Å². The van der Waals surface area contributed by atoms with Gasteiger partial charge in [0.05, 0.1) is 0 Å². The first-order valence-corrected chi connectivity index (χ1v) is 8.93. The van der Waals surface area contributed by atoms with E-state index in [-0.39, 0.29) is 0 Å². The lowest BCUT2D eigenvalue weighted by Gasteiger charge is -2.23. The molecule has 0 aromatic carbocycles. The molecule has 2 aliphatic heterocycles. The maximum Gasteiger partial charge on any atom is 0.0266 e. The summed E-state index contributed by atoms with van der Waals surface area (Å²) < 4.78 is 11.7. The maximum atomic E-state index is 11.7. The largest absolute Gasteiger partial charge is 0.260 e. The lowest BCUT2D eigenvalue weighted by molar-refractivity contribution is 0.346. The quantitative estimate of drug-likeness (QED) is 0.707. The molecule has 3 unspecified atom stereocenters. The van der Waals surface area contributed by atoms with Gasteiger partial charge in [-0.1, -0.05) is 12.8 Å². The average Bonchev–Trinajstić information content (AvgIpc) is 2.59. The first kappa shape index (κ1) is 12.0. The zero-order chi connectivity index (χ0) is 10.5. The van der Waals surface area contributed by atoms with Crippen LogP contribution in [0, 0.1) is 11.8 Å². The molecule has 0 spiro atoms. The van der Waals surface area contributed by atoms with Crippen molar-refractivity contribution in [1.82, 2.24) is 0 Å². The van der Waals surface area contributed by atoms with Crippen molar-refractivity contribution in [2.24, 2.45) is 11.8 Å². The Morgan fingerprint density at radius 1 is 1.00 bits per heavy atom. The lowest BCUT2D eigenvalue weighted by Crippen LogP contribution is -2.21. The van der Waals surface area contributed by atoms with Crippen LogP contribution in [0.3, 0.4) is 0 Å². The standard InChI is InChI=1S/C12H22OS2/c13-15-8-4-2-6-12(10-15)11-5-1-3-7-14-9-11/h11-12H,1-10H2. The fourth-order valence-electron chi connectivity index (χ4n) is 2.75. The molecule has 0 amide bonds. The molecule has 2 fully saturated rings. The van der Waals surface area contributed by atoms with Gasteiger partial charge in [-0.25, -0.2) is 0 Å². The fraction of sp³-hybridized carbons (Fsp3) is 1.00. The molecule has 0 aliphatic carbocycles. The molecule has 0 bridgehead atoms. The Hall–Kier alpha value is 0.500. The predicted molar refractivity (Wildman–Crippen MR) is 69.9 cm³/mol. The SMILES string of the molecule is O=S1CCCCC(C2CCCCSC2)C1. The molecular formula is C12H22OS2. The van der Waals surface area contributed by atoms with Crippen LogP contribution in [0.1, 0.15) is 38.5 Å². The Morgan fingerprint density at radius 3 is 2.73 bits per heavy atom. The van der Waals surface area contributed by atoms with Gasteiger partial charge in [0.15, 0.2) is 0 Å². The molecule has 0 aromatic heterocycles. The van der Waals surface area contributed by atoms with E-state index in [1.807, 2.05) is 0 Å². The minimum Gasteiger partial charge on any atom is -0.260 e. The summed E-state index contributed by atoms with van der Waals surface area (Å²) in [6.45, 7) is 0. The van der Waals surface area contributed by atoms with Gasteiger partial charge in [-0.2, -0.15) is 11.8 Å². The molecule has 15 heavy (non-hydrogen) atoms. The van der Waals surface area contributed by atoms with Crippen molar-refractivity contribution in [2.45, 2.75) is 38.5 Å². The highest BCUT2D eigenvalue weighted by atomic mass is 32.2. The van der Waals surface area contributed by atoms with Gasteiger partial charge in [-0.05, 0) is 49.0 Å². The minimum absolute atomic E-state index is 0.504. The minimum atomic E-state index is -0.504. The molecule has 1 nitrogen and oxygen atoms in total. The van der Waals surface area contributed by atoms with E-state index in [2.05, 4.69) is 11.8 Å². The van der Waals surface area contributed by atoms with Crippen molar-refractivity contribution in [3.8, 4) is 0 Å². The number of hydrogen-bond donors (Lipinski definition) is 0. The van der Waals surface area contributed by atoms with E-state index < -0.39 is 10.8 Å². The smallest absolute Gasteiger partial charge is 0.0266 e. The summed E-state index contributed by atoms with van der Waals surface area (Å²) in [7, 11) is -0.504. The number of rotatable bonds is 1. The third-order valence-corrected chi connectivity index (χ3v) is 6.49. The van der Waals surface area contributed by atoms with Crippen LogP contribution >= 0.6 is 11.8 Å². The summed E-state index contributed by atoms with van der Waals surface area (Å²) in [6.07, 6.45) is 8.06. The third-order valence-electron chi connectivity index (χ3n) is 3.71. The van der Waals surface area contributed by atoms with Crippen LogP contribution < -0.4 is 0 Å².